The second-order valence-electron chi connectivity index (χ2n) is 2.71. The molecule has 0 radical (unpaired) electrons. The van der Waals surface area contributed by atoms with Gasteiger partial charge >= 0.3 is 0 Å². The minimum absolute atomic E-state index is 0.107. The van der Waals surface area contributed by atoms with Gasteiger partial charge in [-0.05, 0) is 18.2 Å². The summed E-state index contributed by atoms with van der Waals surface area (Å²) < 4.78 is 13.2. The van der Waals surface area contributed by atoms with Crippen molar-refractivity contribution < 1.29 is 9.18 Å². The number of hydrogen-bond donors (Lipinski definition) is 1. The molecule has 0 unspecified atom stereocenters. The molecule has 0 saturated carbocycles. The lowest BCUT2D eigenvalue weighted by Gasteiger charge is -2.04. The highest BCUT2D eigenvalue weighted by Gasteiger charge is 2.05. The molecular weight excluding hydrogens is 183 g/mol. The highest BCUT2D eigenvalue weighted by Crippen LogP contribution is 2.15. The van der Waals surface area contributed by atoms with Crippen molar-refractivity contribution in [3.63, 3.8) is 0 Å². The smallest absolute Gasteiger partial charge is 0.224 e. The summed E-state index contributed by atoms with van der Waals surface area (Å²) >= 11 is 0. The summed E-state index contributed by atoms with van der Waals surface area (Å²) in [7, 11) is 0. The van der Waals surface area contributed by atoms with Crippen LogP contribution in [0.4, 0.5) is 10.1 Å². The van der Waals surface area contributed by atoms with Crippen LogP contribution in [0.2, 0.25) is 0 Å². The highest BCUT2D eigenvalue weighted by molar-refractivity contribution is 5.90. The van der Waals surface area contributed by atoms with Crippen LogP contribution >= 0.6 is 0 Å². The van der Waals surface area contributed by atoms with Crippen molar-refractivity contribution in [2.45, 2.75) is 13.3 Å². The number of rotatable bonds is 2. The second-order valence-corrected chi connectivity index (χ2v) is 2.71. The number of benzene rings is 1. The van der Waals surface area contributed by atoms with E-state index in [2.05, 4.69) is 5.32 Å². The Balaban J connectivity index is 2.90. The first-order valence-corrected chi connectivity index (χ1v) is 4.17. The van der Waals surface area contributed by atoms with Crippen molar-refractivity contribution >= 4 is 11.6 Å². The van der Waals surface area contributed by atoms with E-state index in [0.717, 1.165) is 6.07 Å². The van der Waals surface area contributed by atoms with Crippen molar-refractivity contribution in [2.75, 3.05) is 5.32 Å². The van der Waals surface area contributed by atoms with Crippen molar-refractivity contribution in [3.8, 4) is 6.07 Å². The fourth-order valence-electron chi connectivity index (χ4n) is 0.925. The van der Waals surface area contributed by atoms with Crippen molar-refractivity contribution in [1.82, 2.24) is 0 Å². The van der Waals surface area contributed by atoms with Crippen molar-refractivity contribution in [3.05, 3.63) is 29.6 Å². The first-order valence-electron chi connectivity index (χ1n) is 4.17. The third-order valence-corrected chi connectivity index (χ3v) is 1.69. The molecular formula is C10H9FN2O. The Morgan fingerprint density at radius 3 is 2.86 bits per heavy atom. The van der Waals surface area contributed by atoms with Gasteiger partial charge in [0.25, 0.3) is 0 Å². The largest absolute Gasteiger partial charge is 0.324 e. The van der Waals surface area contributed by atoms with E-state index in [1.165, 1.54) is 12.1 Å². The molecule has 1 aromatic carbocycles. The lowest BCUT2D eigenvalue weighted by molar-refractivity contribution is -0.115. The zero-order chi connectivity index (χ0) is 10.6. The van der Waals surface area contributed by atoms with Crippen LogP contribution in [-0.2, 0) is 4.79 Å². The molecule has 0 saturated heterocycles. The fraction of sp³-hybridized carbons (Fsp3) is 0.200. The average molecular weight is 192 g/mol. The predicted octanol–water partition coefficient (Wildman–Crippen LogP) is 2.05. The Kier molecular flexibility index (Phi) is 3.19. The number of nitriles is 1. The molecule has 0 spiro atoms. The predicted molar refractivity (Wildman–Crippen MR) is 50.0 cm³/mol. The number of nitrogens with one attached hydrogen (secondary N) is 1. The van der Waals surface area contributed by atoms with Crippen LogP contribution in [0.1, 0.15) is 18.9 Å². The molecule has 0 fully saturated rings. The van der Waals surface area contributed by atoms with E-state index in [4.69, 9.17) is 5.26 Å². The van der Waals surface area contributed by atoms with Gasteiger partial charge in [-0.1, -0.05) is 6.92 Å². The summed E-state index contributed by atoms with van der Waals surface area (Å²) in [5, 5.41) is 10.9. The molecule has 0 aliphatic carbocycles. The maximum absolute atomic E-state index is 13.2. The van der Waals surface area contributed by atoms with E-state index in [1.54, 1.807) is 6.92 Å². The monoisotopic (exact) mass is 192 g/mol. The summed E-state index contributed by atoms with van der Waals surface area (Å²) in [5.74, 6) is -0.848. The van der Waals surface area contributed by atoms with Gasteiger partial charge < -0.3 is 5.32 Å². The molecule has 1 amide bonds. The summed E-state index contributed by atoms with van der Waals surface area (Å²) in [5.41, 5.74) is 0.341. The normalized spacial score (nSPS) is 9.21. The van der Waals surface area contributed by atoms with Gasteiger partial charge in [-0.25, -0.2) is 4.39 Å². The standard InChI is InChI=1S/C10H9FN2O/c1-2-10(14)13-9-4-3-7(6-12)5-8(9)11/h3-5H,2H2,1H3,(H,13,14). The number of carbonyl (C=O) groups excluding carboxylic acids is 1. The minimum atomic E-state index is -0.592. The van der Waals surface area contributed by atoms with Crippen molar-refractivity contribution in [1.29, 1.82) is 5.26 Å². The van der Waals surface area contributed by atoms with Crippen molar-refractivity contribution in [2.24, 2.45) is 0 Å². The number of amides is 1. The summed E-state index contributed by atoms with van der Waals surface area (Å²) in [6, 6.07) is 5.73. The SMILES string of the molecule is CCC(=O)Nc1ccc(C#N)cc1F. The Morgan fingerprint density at radius 2 is 2.36 bits per heavy atom. The third-order valence-electron chi connectivity index (χ3n) is 1.69. The fourth-order valence-corrected chi connectivity index (χ4v) is 0.925. The summed E-state index contributed by atoms with van der Waals surface area (Å²) in [4.78, 5) is 10.9. The molecule has 0 aromatic heterocycles. The molecule has 1 N–H and O–H groups in total. The topological polar surface area (TPSA) is 52.9 Å². The zero-order valence-corrected chi connectivity index (χ0v) is 7.67. The summed E-state index contributed by atoms with van der Waals surface area (Å²) in [6.45, 7) is 1.68. The lowest BCUT2D eigenvalue weighted by Crippen LogP contribution is -2.10. The van der Waals surface area contributed by atoms with E-state index < -0.39 is 5.82 Å². The first-order chi connectivity index (χ1) is 6.67. The number of anilines is 1. The molecule has 4 heteroatoms. The van der Waals surface area contributed by atoms with Crippen LogP contribution < -0.4 is 5.32 Å². The van der Waals surface area contributed by atoms with Crippen LogP contribution in [-0.4, -0.2) is 5.91 Å². The molecule has 0 aliphatic rings. The van der Waals surface area contributed by atoms with Gasteiger partial charge in [0.2, 0.25) is 5.91 Å². The molecule has 14 heavy (non-hydrogen) atoms. The minimum Gasteiger partial charge on any atom is -0.324 e. The van der Waals surface area contributed by atoms with Gasteiger partial charge in [0.1, 0.15) is 5.82 Å². The van der Waals surface area contributed by atoms with Crippen LogP contribution in [0.25, 0.3) is 0 Å². The maximum atomic E-state index is 13.2. The maximum Gasteiger partial charge on any atom is 0.224 e. The zero-order valence-electron chi connectivity index (χ0n) is 7.67. The number of hydrogen-bond acceptors (Lipinski definition) is 2. The molecule has 3 nitrogen and oxygen atoms in total. The third kappa shape index (κ3) is 2.30. The van der Waals surface area contributed by atoms with E-state index in [9.17, 15) is 9.18 Å². The van der Waals surface area contributed by atoms with Gasteiger partial charge in [-0.3, -0.25) is 4.79 Å². The molecule has 0 bridgehead atoms. The lowest BCUT2D eigenvalue weighted by atomic mass is 10.2. The molecule has 1 aromatic rings. The van der Waals surface area contributed by atoms with Gasteiger partial charge in [-0.2, -0.15) is 5.26 Å². The molecule has 0 heterocycles. The van der Waals surface area contributed by atoms with E-state index >= 15 is 0 Å². The Hall–Kier alpha value is -1.89. The molecule has 0 aliphatic heterocycles. The quantitative estimate of drug-likeness (QED) is 0.779. The van der Waals surface area contributed by atoms with E-state index in [-0.39, 0.29) is 17.2 Å². The van der Waals surface area contributed by atoms with Crippen LogP contribution in [0.5, 0.6) is 0 Å². The number of nitrogens with zero attached hydrogens (tertiary/aromatic N) is 1. The van der Waals surface area contributed by atoms with Gasteiger partial charge in [0.05, 0.1) is 17.3 Å². The molecule has 72 valence electrons. The Labute approximate surface area is 81.2 Å². The van der Waals surface area contributed by atoms with Crippen LogP contribution in [0, 0.1) is 17.1 Å². The molecule has 1 rings (SSSR count). The molecule has 0 atom stereocenters. The van der Waals surface area contributed by atoms with Gasteiger partial charge in [0, 0.05) is 6.42 Å². The summed E-state index contributed by atoms with van der Waals surface area (Å²) in [6.07, 6.45) is 0.291. The Morgan fingerprint density at radius 1 is 1.64 bits per heavy atom. The number of carbonyl (C=O) groups is 1. The van der Waals surface area contributed by atoms with Crippen LogP contribution in [0.3, 0.4) is 0 Å². The average Bonchev–Trinajstić information content (AvgIpc) is 2.20. The highest BCUT2D eigenvalue weighted by atomic mass is 19.1. The Bertz CT molecular complexity index is 396. The van der Waals surface area contributed by atoms with Crippen LogP contribution in [0.15, 0.2) is 18.2 Å². The van der Waals surface area contributed by atoms with Gasteiger partial charge in [0.15, 0.2) is 0 Å². The second kappa shape index (κ2) is 4.38. The van der Waals surface area contributed by atoms with Gasteiger partial charge in [-0.15, -0.1) is 0 Å². The van der Waals surface area contributed by atoms with E-state index in [0.29, 0.717) is 6.42 Å². The number of halogens is 1. The van der Waals surface area contributed by atoms with E-state index in [1.807, 2.05) is 6.07 Å². The first kappa shape index (κ1) is 10.2.